The molecule has 0 unspecified atom stereocenters. The van der Waals surface area contributed by atoms with Crippen LogP contribution in [0.3, 0.4) is 0 Å². The molecule has 1 aromatic carbocycles. The smallest absolute Gasteiger partial charge is 0.123 e. The van der Waals surface area contributed by atoms with Crippen LogP contribution in [-0.2, 0) is 17.8 Å². The summed E-state index contributed by atoms with van der Waals surface area (Å²) < 4.78 is 20.0. The first kappa shape index (κ1) is 15.7. The van der Waals surface area contributed by atoms with Gasteiger partial charge in [-0.25, -0.2) is 4.39 Å². The number of halogens is 1. The number of methoxy groups -OCH3 is 1. The van der Waals surface area contributed by atoms with E-state index in [0.717, 1.165) is 29.9 Å². The van der Waals surface area contributed by atoms with Crippen molar-refractivity contribution in [3.05, 3.63) is 52.6 Å². The summed E-state index contributed by atoms with van der Waals surface area (Å²) in [4.78, 5) is 0. The van der Waals surface area contributed by atoms with E-state index < -0.39 is 0 Å². The molecule has 0 aliphatic heterocycles. The van der Waals surface area contributed by atoms with Gasteiger partial charge in [-0.2, -0.15) is 5.10 Å². The van der Waals surface area contributed by atoms with E-state index in [-0.39, 0.29) is 5.82 Å². The van der Waals surface area contributed by atoms with Crippen LogP contribution in [0.25, 0.3) is 0 Å². The van der Waals surface area contributed by atoms with Crippen molar-refractivity contribution in [2.45, 2.75) is 26.9 Å². The molecule has 114 valence electrons. The van der Waals surface area contributed by atoms with Crippen LogP contribution in [0, 0.1) is 19.7 Å². The number of rotatable bonds is 7. The van der Waals surface area contributed by atoms with Gasteiger partial charge in [-0.05, 0) is 37.1 Å². The van der Waals surface area contributed by atoms with Crippen molar-refractivity contribution in [1.29, 1.82) is 0 Å². The molecule has 0 aliphatic rings. The van der Waals surface area contributed by atoms with Gasteiger partial charge < -0.3 is 10.1 Å². The molecule has 1 aromatic heterocycles. The Morgan fingerprint density at radius 2 is 2.10 bits per heavy atom. The van der Waals surface area contributed by atoms with Crippen LogP contribution < -0.4 is 5.32 Å². The zero-order chi connectivity index (χ0) is 15.2. The monoisotopic (exact) mass is 291 g/mol. The molecule has 0 saturated heterocycles. The first-order valence-corrected chi connectivity index (χ1v) is 7.07. The zero-order valence-corrected chi connectivity index (χ0v) is 12.8. The summed E-state index contributed by atoms with van der Waals surface area (Å²) in [5.74, 6) is -0.198. The van der Waals surface area contributed by atoms with Gasteiger partial charge in [-0.3, -0.25) is 4.68 Å². The maximum atomic E-state index is 13.1. The number of nitrogens with zero attached hydrogens (tertiary/aromatic N) is 2. The van der Waals surface area contributed by atoms with Crippen LogP contribution in [0.4, 0.5) is 4.39 Å². The standard InChI is InChI=1S/C16H22FN3O/c1-12-8-16(17)5-4-14(12)10-20-11-15(13(2)19-20)9-18-6-7-21-3/h4-5,8,11,18H,6-7,9-10H2,1-3H3. The molecule has 1 N–H and O–H groups in total. The minimum Gasteiger partial charge on any atom is -0.383 e. The van der Waals surface area contributed by atoms with Gasteiger partial charge in [0.1, 0.15) is 5.82 Å². The van der Waals surface area contributed by atoms with Crippen LogP contribution in [-0.4, -0.2) is 30.0 Å². The maximum Gasteiger partial charge on any atom is 0.123 e. The second-order valence-corrected chi connectivity index (χ2v) is 5.18. The maximum absolute atomic E-state index is 13.1. The molecule has 0 spiro atoms. The first-order chi connectivity index (χ1) is 10.1. The van der Waals surface area contributed by atoms with Crippen molar-refractivity contribution in [3.8, 4) is 0 Å². The lowest BCUT2D eigenvalue weighted by atomic mass is 10.1. The van der Waals surface area contributed by atoms with Gasteiger partial charge in [0.15, 0.2) is 0 Å². The lowest BCUT2D eigenvalue weighted by molar-refractivity contribution is 0.199. The highest BCUT2D eigenvalue weighted by Crippen LogP contribution is 2.13. The van der Waals surface area contributed by atoms with Crippen molar-refractivity contribution in [1.82, 2.24) is 15.1 Å². The van der Waals surface area contributed by atoms with Crippen molar-refractivity contribution >= 4 is 0 Å². The Balaban J connectivity index is 2.01. The van der Waals surface area contributed by atoms with E-state index >= 15 is 0 Å². The van der Waals surface area contributed by atoms with Crippen LogP contribution in [0.1, 0.15) is 22.4 Å². The van der Waals surface area contributed by atoms with Crippen molar-refractivity contribution in [3.63, 3.8) is 0 Å². The summed E-state index contributed by atoms with van der Waals surface area (Å²) in [5.41, 5.74) is 4.21. The molecule has 1 heterocycles. The number of ether oxygens (including phenoxy) is 1. The quantitative estimate of drug-likeness (QED) is 0.796. The predicted molar refractivity (Wildman–Crippen MR) is 80.8 cm³/mol. The number of hydrogen-bond donors (Lipinski definition) is 1. The van der Waals surface area contributed by atoms with E-state index in [2.05, 4.69) is 10.4 Å². The minimum absolute atomic E-state index is 0.198. The highest BCUT2D eigenvalue weighted by atomic mass is 19.1. The van der Waals surface area contributed by atoms with Gasteiger partial charge in [-0.1, -0.05) is 6.07 Å². The van der Waals surface area contributed by atoms with Crippen LogP contribution in [0.2, 0.25) is 0 Å². The van der Waals surface area contributed by atoms with Crippen LogP contribution in [0.15, 0.2) is 24.4 Å². The zero-order valence-electron chi connectivity index (χ0n) is 12.8. The van der Waals surface area contributed by atoms with E-state index in [0.29, 0.717) is 13.2 Å². The molecular weight excluding hydrogens is 269 g/mol. The number of benzene rings is 1. The average Bonchev–Trinajstić information content (AvgIpc) is 2.78. The van der Waals surface area contributed by atoms with Crippen LogP contribution >= 0.6 is 0 Å². The molecule has 0 atom stereocenters. The Bertz CT molecular complexity index is 595. The molecule has 0 saturated carbocycles. The molecule has 21 heavy (non-hydrogen) atoms. The van der Waals surface area contributed by atoms with Gasteiger partial charge in [0.2, 0.25) is 0 Å². The molecular formula is C16H22FN3O. The summed E-state index contributed by atoms with van der Waals surface area (Å²) in [6.07, 6.45) is 2.04. The molecule has 0 bridgehead atoms. The Kier molecular flexibility index (Phi) is 5.47. The molecule has 0 aliphatic carbocycles. The summed E-state index contributed by atoms with van der Waals surface area (Å²) in [7, 11) is 1.69. The first-order valence-electron chi connectivity index (χ1n) is 7.07. The Morgan fingerprint density at radius 1 is 1.29 bits per heavy atom. The second kappa shape index (κ2) is 7.33. The molecule has 0 radical (unpaired) electrons. The fraction of sp³-hybridized carbons (Fsp3) is 0.438. The van der Waals surface area contributed by atoms with Gasteiger partial charge >= 0.3 is 0 Å². The number of hydrogen-bond acceptors (Lipinski definition) is 3. The van der Waals surface area contributed by atoms with Crippen molar-refractivity contribution < 1.29 is 9.13 Å². The summed E-state index contributed by atoms with van der Waals surface area (Å²) >= 11 is 0. The highest BCUT2D eigenvalue weighted by molar-refractivity contribution is 5.27. The van der Waals surface area contributed by atoms with Crippen molar-refractivity contribution in [2.75, 3.05) is 20.3 Å². The van der Waals surface area contributed by atoms with Gasteiger partial charge in [0.05, 0.1) is 18.8 Å². The third-order valence-electron chi connectivity index (χ3n) is 3.48. The lowest BCUT2D eigenvalue weighted by Crippen LogP contribution is -2.18. The van der Waals surface area contributed by atoms with Gasteiger partial charge in [-0.15, -0.1) is 0 Å². The van der Waals surface area contributed by atoms with Crippen molar-refractivity contribution in [2.24, 2.45) is 0 Å². The molecule has 2 aromatic rings. The fourth-order valence-corrected chi connectivity index (χ4v) is 2.22. The summed E-state index contributed by atoms with van der Waals surface area (Å²) in [5, 5.41) is 7.83. The lowest BCUT2D eigenvalue weighted by Gasteiger charge is -2.06. The normalized spacial score (nSPS) is 11.0. The highest BCUT2D eigenvalue weighted by Gasteiger charge is 2.07. The van der Waals surface area contributed by atoms with E-state index in [4.69, 9.17) is 4.74 Å². The van der Waals surface area contributed by atoms with E-state index in [1.165, 1.54) is 11.6 Å². The topological polar surface area (TPSA) is 39.1 Å². The fourth-order valence-electron chi connectivity index (χ4n) is 2.22. The van der Waals surface area contributed by atoms with Gasteiger partial charge in [0.25, 0.3) is 0 Å². The number of nitrogens with one attached hydrogen (secondary N) is 1. The number of aromatic nitrogens is 2. The Hall–Kier alpha value is -1.72. The SMILES string of the molecule is COCCNCc1cn(Cc2ccc(F)cc2C)nc1C. The molecule has 4 nitrogen and oxygen atoms in total. The molecule has 2 rings (SSSR count). The van der Waals surface area contributed by atoms with Crippen LogP contribution in [0.5, 0.6) is 0 Å². The largest absolute Gasteiger partial charge is 0.383 e. The minimum atomic E-state index is -0.198. The van der Waals surface area contributed by atoms with E-state index in [1.54, 1.807) is 13.2 Å². The van der Waals surface area contributed by atoms with E-state index in [1.807, 2.05) is 30.8 Å². The Labute approximate surface area is 124 Å². The Morgan fingerprint density at radius 3 is 2.81 bits per heavy atom. The third-order valence-corrected chi connectivity index (χ3v) is 3.48. The predicted octanol–water partition coefficient (Wildman–Crippen LogP) is 2.42. The summed E-state index contributed by atoms with van der Waals surface area (Å²) in [6, 6.07) is 4.86. The average molecular weight is 291 g/mol. The molecule has 0 fully saturated rings. The third kappa shape index (κ3) is 4.37. The molecule has 0 amide bonds. The number of aryl methyl sites for hydroxylation is 2. The second-order valence-electron chi connectivity index (χ2n) is 5.18. The van der Waals surface area contributed by atoms with Gasteiger partial charge in [0, 0.05) is 32.0 Å². The molecule has 5 heteroatoms. The van der Waals surface area contributed by atoms with E-state index in [9.17, 15) is 4.39 Å². The summed E-state index contributed by atoms with van der Waals surface area (Å²) in [6.45, 7) is 6.87.